The zero-order valence-corrected chi connectivity index (χ0v) is 22.2. The number of aliphatic hydroxyl groups is 1. The third-order valence-corrected chi connectivity index (χ3v) is 7.23. The van der Waals surface area contributed by atoms with Crippen LogP contribution in [0.4, 0.5) is 5.69 Å². The van der Waals surface area contributed by atoms with Crippen molar-refractivity contribution in [2.45, 2.75) is 77.0 Å². The molecule has 2 aromatic carbocycles. The molecule has 0 spiro atoms. The van der Waals surface area contributed by atoms with Gasteiger partial charge in [-0.25, -0.2) is 0 Å². The van der Waals surface area contributed by atoms with Crippen molar-refractivity contribution in [2.24, 2.45) is 0 Å². The fourth-order valence-electron chi connectivity index (χ4n) is 5.00. The molecule has 35 heavy (non-hydrogen) atoms. The van der Waals surface area contributed by atoms with E-state index < -0.39 is 6.10 Å². The molecule has 1 saturated carbocycles. The smallest absolute Gasteiger partial charge is 0.0868 e. The average molecular weight is 476 g/mol. The molecule has 0 saturated heterocycles. The lowest BCUT2D eigenvalue weighted by molar-refractivity contribution is 0.126. The van der Waals surface area contributed by atoms with Crippen LogP contribution in [0.1, 0.15) is 69.1 Å². The Morgan fingerprint density at radius 2 is 1.77 bits per heavy atom. The van der Waals surface area contributed by atoms with Crippen LogP contribution < -0.4 is 15.5 Å². The predicted molar refractivity (Wildman–Crippen MR) is 152 cm³/mol. The molecule has 2 unspecified atom stereocenters. The summed E-state index contributed by atoms with van der Waals surface area (Å²) in [5.74, 6) is 0. The Labute approximate surface area is 213 Å². The molecule has 1 fully saturated rings. The van der Waals surface area contributed by atoms with Gasteiger partial charge in [0.25, 0.3) is 0 Å². The number of nitrogens with one attached hydrogen (secondary N) is 2. The summed E-state index contributed by atoms with van der Waals surface area (Å²) < 4.78 is 0. The zero-order valence-electron chi connectivity index (χ0n) is 22.2. The van der Waals surface area contributed by atoms with Crippen LogP contribution in [0.15, 0.2) is 61.2 Å². The molecule has 0 bridgehead atoms. The van der Waals surface area contributed by atoms with Crippen LogP contribution in [0.5, 0.6) is 0 Å². The number of anilines is 1. The zero-order chi connectivity index (χ0) is 25.2. The lowest BCUT2D eigenvalue weighted by atomic mass is 9.94. The molecule has 3 N–H and O–H groups in total. The SMILES string of the molecule is C=C(NC(Cc1ccccc1)C(O)CNC1CCCCC1)c1cc(/C(=C\C)CC)cc(N(C)C)c1. The number of nitrogens with zero attached hydrogens (tertiary/aromatic N) is 1. The fourth-order valence-corrected chi connectivity index (χ4v) is 5.00. The van der Waals surface area contributed by atoms with Crippen LogP contribution in [-0.2, 0) is 6.42 Å². The van der Waals surface area contributed by atoms with E-state index in [1.807, 2.05) is 6.07 Å². The topological polar surface area (TPSA) is 47.5 Å². The van der Waals surface area contributed by atoms with E-state index in [0.29, 0.717) is 12.6 Å². The Hall–Kier alpha value is -2.56. The quantitative estimate of drug-likeness (QED) is 0.351. The van der Waals surface area contributed by atoms with Gasteiger partial charge in [0.05, 0.1) is 12.1 Å². The minimum absolute atomic E-state index is 0.139. The van der Waals surface area contributed by atoms with Gasteiger partial charge in [-0.05, 0) is 73.1 Å². The second kappa shape index (κ2) is 13.5. The molecule has 0 aliphatic heterocycles. The van der Waals surface area contributed by atoms with Crippen molar-refractivity contribution in [2.75, 3.05) is 25.5 Å². The third kappa shape index (κ3) is 7.98. The van der Waals surface area contributed by atoms with E-state index in [4.69, 9.17) is 0 Å². The van der Waals surface area contributed by atoms with Crippen LogP contribution >= 0.6 is 0 Å². The number of hydrogen-bond acceptors (Lipinski definition) is 4. The first-order valence-corrected chi connectivity index (χ1v) is 13.3. The largest absolute Gasteiger partial charge is 0.390 e. The van der Waals surface area contributed by atoms with E-state index in [1.54, 1.807) is 0 Å². The van der Waals surface area contributed by atoms with Gasteiger partial charge in [-0.3, -0.25) is 0 Å². The molecule has 3 rings (SSSR count). The van der Waals surface area contributed by atoms with E-state index in [0.717, 1.165) is 29.8 Å². The van der Waals surface area contributed by atoms with Crippen molar-refractivity contribution in [3.05, 3.63) is 77.9 Å². The van der Waals surface area contributed by atoms with Crippen molar-refractivity contribution in [1.29, 1.82) is 0 Å². The second-order valence-electron chi connectivity index (χ2n) is 10.1. The summed E-state index contributed by atoms with van der Waals surface area (Å²) >= 11 is 0. The number of benzene rings is 2. The highest BCUT2D eigenvalue weighted by Crippen LogP contribution is 2.28. The maximum atomic E-state index is 11.3. The predicted octanol–water partition coefficient (Wildman–Crippen LogP) is 6.02. The fraction of sp³-hybridized carbons (Fsp3) is 0.484. The number of hydrogen-bond donors (Lipinski definition) is 3. The number of aliphatic hydroxyl groups excluding tert-OH is 1. The van der Waals surface area contributed by atoms with E-state index in [2.05, 4.69) is 98.6 Å². The summed E-state index contributed by atoms with van der Waals surface area (Å²) in [6, 6.07) is 17.4. The molecule has 0 radical (unpaired) electrons. The van der Waals surface area contributed by atoms with Crippen LogP contribution in [0, 0.1) is 0 Å². The molecule has 0 aromatic heterocycles. The minimum Gasteiger partial charge on any atom is -0.390 e. The monoisotopic (exact) mass is 475 g/mol. The molecule has 2 atom stereocenters. The molecule has 4 nitrogen and oxygen atoms in total. The summed E-state index contributed by atoms with van der Waals surface area (Å²) in [5.41, 5.74) is 6.80. The molecule has 1 aliphatic carbocycles. The van der Waals surface area contributed by atoms with Gasteiger partial charge in [0, 0.05) is 38.1 Å². The summed E-state index contributed by atoms with van der Waals surface area (Å²) in [6.07, 6.45) is 9.71. The van der Waals surface area contributed by atoms with Crippen molar-refractivity contribution in [3.8, 4) is 0 Å². The lowest BCUT2D eigenvalue weighted by Crippen LogP contribution is -2.47. The third-order valence-electron chi connectivity index (χ3n) is 7.23. The van der Waals surface area contributed by atoms with Gasteiger partial charge >= 0.3 is 0 Å². The first kappa shape index (κ1) is 27.0. The Bertz CT molecular complexity index is 960. The second-order valence-corrected chi connectivity index (χ2v) is 10.1. The van der Waals surface area contributed by atoms with Gasteiger partial charge in [0.1, 0.15) is 0 Å². The molecular formula is C31H45N3O. The Morgan fingerprint density at radius 3 is 2.40 bits per heavy atom. The summed E-state index contributed by atoms with van der Waals surface area (Å²) in [5, 5.41) is 18.5. The van der Waals surface area contributed by atoms with E-state index >= 15 is 0 Å². The standard InChI is InChI=1S/C31H45N3O/c1-6-25(7-2)27-19-26(20-29(21-27)34(4)5)23(3)33-30(18-24-14-10-8-11-15-24)31(35)22-32-28-16-12-9-13-17-28/h6,8,10-11,14-15,19-21,28,30-33,35H,3,7,9,12-13,16-18,22H2,1-2,4-5H3/b25-6-. The van der Waals surface area contributed by atoms with Crippen LogP contribution in [0.3, 0.4) is 0 Å². The molecule has 2 aromatic rings. The average Bonchev–Trinajstić information content (AvgIpc) is 2.88. The van der Waals surface area contributed by atoms with E-state index in [-0.39, 0.29) is 6.04 Å². The normalized spacial score (nSPS) is 16.5. The summed E-state index contributed by atoms with van der Waals surface area (Å²) in [7, 11) is 4.14. The molecule has 4 heteroatoms. The Kier molecular flexibility index (Phi) is 10.4. The van der Waals surface area contributed by atoms with Gasteiger partial charge in [-0.1, -0.05) is 69.2 Å². The van der Waals surface area contributed by atoms with Crippen LogP contribution in [0.2, 0.25) is 0 Å². The van der Waals surface area contributed by atoms with Crippen LogP contribution in [-0.4, -0.2) is 43.9 Å². The highest BCUT2D eigenvalue weighted by molar-refractivity contribution is 5.75. The molecular weight excluding hydrogens is 430 g/mol. The first-order chi connectivity index (χ1) is 16.9. The lowest BCUT2D eigenvalue weighted by Gasteiger charge is -2.30. The first-order valence-electron chi connectivity index (χ1n) is 13.3. The van der Waals surface area contributed by atoms with Gasteiger partial charge < -0.3 is 20.6 Å². The molecule has 190 valence electrons. The minimum atomic E-state index is -0.521. The highest BCUT2D eigenvalue weighted by atomic mass is 16.3. The van der Waals surface area contributed by atoms with Gasteiger partial charge in [-0.15, -0.1) is 0 Å². The van der Waals surface area contributed by atoms with Crippen LogP contribution in [0.25, 0.3) is 11.3 Å². The molecule has 0 amide bonds. The van der Waals surface area contributed by atoms with Crippen molar-refractivity contribution in [3.63, 3.8) is 0 Å². The Balaban J connectivity index is 1.80. The van der Waals surface area contributed by atoms with E-state index in [9.17, 15) is 5.11 Å². The van der Waals surface area contributed by atoms with Gasteiger partial charge in [0.2, 0.25) is 0 Å². The van der Waals surface area contributed by atoms with Crippen molar-refractivity contribution >= 4 is 17.0 Å². The highest BCUT2D eigenvalue weighted by Gasteiger charge is 2.23. The Morgan fingerprint density at radius 1 is 1.09 bits per heavy atom. The van der Waals surface area contributed by atoms with Gasteiger partial charge in [-0.2, -0.15) is 0 Å². The van der Waals surface area contributed by atoms with Crippen molar-refractivity contribution < 1.29 is 5.11 Å². The molecule has 0 heterocycles. The maximum Gasteiger partial charge on any atom is 0.0868 e. The summed E-state index contributed by atoms with van der Waals surface area (Å²) in [4.78, 5) is 2.13. The maximum absolute atomic E-state index is 11.3. The summed E-state index contributed by atoms with van der Waals surface area (Å²) in [6.45, 7) is 9.29. The van der Waals surface area contributed by atoms with Gasteiger partial charge in [0.15, 0.2) is 0 Å². The van der Waals surface area contributed by atoms with Crippen molar-refractivity contribution in [1.82, 2.24) is 10.6 Å². The number of allylic oxidation sites excluding steroid dienone is 2. The van der Waals surface area contributed by atoms with E-state index in [1.165, 1.54) is 48.8 Å². The number of rotatable bonds is 12. The molecule has 1 aliphatic rings.